The summed E-state index contributed by atoms with van der Waals surface area (Å²) in [5.74, 6) is -2.88. The molecule has 4 N–H and O–H groups in total. The monoisotopic (exact) mass is 202 g/mol. The van der Waals surface area contributed by atoms with Crippen LogP contribution in [-0.2, 0) is 4.79 Å². The molecule has 1 aromatic carbocycles. The van der Waals surface area contributed by atoms with Gasteiger partial charge in [-0.05, 0) is 6.07 Å². The molecule has 0 spiro atoms. The van der Waals surface area contributed by atoms with Gasteiger partial charge < -0.3 is 16.2 Å². The molecule has 0 saturated heterocycles. The second-order valence-corrected chi connectivity index (χ2v) is 2.60. The molecule has 0 fully saturated rings. The maximum absolute atomic E-state index is 12.8. The Hall–Kier alpha value is -1.85. The standard InChI is InChI=1S/C8H8F2N2O2/c9-4-1-5(10)8(11)6(2-4)12-3-7(13)14/h1-2,12H,3,11H2,(H,13,14). The van der Waals surface area contributed by atoms with Crippen molar-refractivity contribution < 1.29 is 18.7 Å². The second-order valence-electron chi connectivity index (χ2n) is 2.60. The van der Waals surface area contributed by atoms with Gasteiger partial charge in [0.15, 0.2) is 5.82 Å². The zero-order valence-electron chi connectivity index (χ0n) is 7.05. The third kappa shape index (κ3) is 2.32. The van der Waals surface area contributed by atoms with Gasteiger partial charge in [0.05, 0.1) is 11.4 Å². The number of benzene rings is 1. The molecule has 1 aromatic rings. The molecule has 4 nitrogen and oxygen atoms in total. The van der Waals surface area contributed by atoms with Crippen molar-refractivity contribution in [3.8, 4) is 0 Å². The summed E-state index contributed by atoms with van der Waals surface area (Å²) in [6.45, 7) is -0.451. The normalized spacial score (nSPS) is 9.86. The van der Waals surface area contributed by atoms with Gasteiger partial charge in [-0.15, -0.1) is 0 Å². The molecule has 0 atom stereocenters. The minimum absolute atomic E-state index is 0.0649. The fourth-order valence-electron chi connectivity index (χ4n) is 0.902. The zero-order chi connectivity index (χ0) is 10.7. The fourth-order valence-corrected chi connectivity index (χ4v) is 0.902. The third-order valence-corrected chi connectivity index (χ3v) is 1.52. The summed E-state index contributed by atoms with van der Waals surface area (Å²) < 4.78 is 25.5. The molecule has 0 bridgehead atoms. The molecular formula is C8H8F2N2O2. The van der Waals surface area contributed by atoms with E-state index >= 15 is 0 Å². The fraction of sp³-hybridized carbons (Fsp3) is 0.125. The SMILES string of the molecule is Nc1c(F)cc(F)cc1NCC(=O)O. The molecule has 0 amide bonds. The van der Waals surface area contributed by atoms with Crippen molar-refractivity contribution in [3.05, 3.63) is 23.8 Å². The lowest BCUT2D eigenvalue weighted by Gasteiger charge is -2.07. The molecule has 0 aliphatic rings. The Kier molecular flexibility index (Phi) is 2.85. The molecule has 1 rings (SSSR count). The predicted molar refractivity (Wildman–Crippen MR) is 46.9 cm³/mol. The van der Waals surface area contributed by atoms with Gasteiger partial charge in [-0.3, -0.25) is 4.79 Å². The van der Waals surface area contributed by atoms with Crippen molar-refractivity contribution in [2.75, 3.05) is 17.6 Å². The highest BCUT2D eigenvalue weighted by Crippen LogP contribution is 2.22. The quantitative estimate of drug-likeness (QED) is 0.640. The maximum Gasteiger partial charge on any atom is 0.322 e. The van der Waals surface area contributed by atoms with Gasteiger partial charge in [0.1, 0.15) is 12.4 Å². The first-order chi connectivity index (χ1) is 6.50. The van der Waals surface area contributed by atoms with Gasteiger partial charge in [-0.2, -0.15) is 0 Å². The molecule has 6 heteroatoms. The number of carboxylic acid groups (broad SMARTS) is 1. The van der Waals surface area contributed by atoms with E-state index in [2.05, 4.69) is 5.32 Å². The van der Waals surface area contributed by atoms with Crippen LogP contribution in [0.15, 0.2) is 12.1 Å². The highest BCUT2D eigenvalue weighted by atomic mass is 19.1. The Morgan fingerprint density at radius 2 is 2.14 bits per heavy atom. The van der Waals surface area contributed by atoms with Gasteiger partial charge in [-0.25, -0.2) is 8.78 Å². The maximum atomic E-state index is 12.8. The highest BCUT2D eigenvalue weighted by Gasteiger charge is 2.08. The highest BCUT2D eigenvalue weighted by molar-refractivity contribution is 5.76. The number of nitrogens with two attached hydrogens (primary N) is 1. The minimum atomic E-state index is -1.14. The van der Waals surface area contributed by atoms with E-state index in [0.29, 0.717) is 6.07 Å². The van der Waals surface area contributed by atoms with Crippen LogP contribution in [0.25, 0.3) is 0 Å². The number of rotatable bonds is 3. The number of hydrogen-bond acceptors (Lipinski definition) is 3. The largest absolute Gasteiger partial charge is 0.480 e. The molecule has 0 heterocycles. The van der Waals surface area contributed by atoms with Crippen LogP contribution in [0.4, 0.5) is 20.2 Å². The number of carbonyl (C=O) groups is 1. The van der Waals surface area contributed by atoms with Gasteiger partial charge >= 0.3 is 5.97 Å². The molecule has 14 heavy (non-hydrogen) atoms. The zero-order valence-corrected chi connectivity index (χ0v) is 7.05. The number of aliphatic carboxylic acids is 1. The van der Waals surface area contributed by atoms with Crippen LogP contribution in [0.5, 0.6) is 0 Å². The number of halogens is 2. The minimum Gasteiger partial charge on any atom is -0.480 e. The number of nitrogen functional groups attached to an aromatic ring is 1. The number of carboxylic acids is 1. The first kappa shape index (κ1) is 10.2. The lowest BCUT2D eigenvalue weighted by molar-refractivity contribution is -0.134. The summed E-state index contributed by atoms with van der Waals surface area (Å²) in [7, 11) is 0. The molecule has 0 aliphatic carbocycles. The Bertz CT molecular complexity index is 369. The van der Waals surface area contributed by atoms with Gasteiger partial charge in [0, 0.05) is 6.07 Å². The van der Waals surface area contributed by atoms with Crippen molar-refractivity contribution in [2.24, 2.45) is 0 Å². The Morgan fingerprint density at radius 1 is 1.50 bits per heavy atom. The van der Waals surface area contributed by atoms with E-state index in [1.165, 1.54) is 0 Å². The lowest BCUT2D eigenvalue weighted by atomic mass is 10.2. The van der Waals surface area contributed by atoms with E-state index in [9.17, 15) is 13.6 Å². The summed E-state index contributed by atoms with van der Waals surface area (Å²) in [5, 5.41) is 10.6. The van der Waals surface area contributed by atoms with Crippen LogP contribution in [0.1, 0.15) is 0 Å². The number of anilines is 2. The molecule has 76 valence electrons. The first-order valence-corrected chi connectivity index (χ1v) is 3.71. The average Bonchev–Trinajstić information content (AvgIpc) is 2.08. The summed E-state index contributed by atoms with van der Waals surface area (Å²) >= 11 is 0. The van der Waals surface area contributed by atoms with Crippen LogP contribution >= 0.6 is 0 Å². The van der Waals surface area contributed by atoms with Crippen molar-refractivity contribution in [1.82, 2.24) is 0 Å². The lowest BCUT2D eigenvalue weighted by Crippen LogP contribution is -2.14. The van der Waals surface area contributed by atoms with Gasteiger partial charge in [-0.1, -0.05) is 0 Å². The summed E-state index contributed by atoms with van der Waals surface area (Å²) in [4.78, 5) is 10.2. The average molecular weight is 202 g/mol. The van der Waals surface area contributed by atoms with Crippen molar-refractivity contribution >= 4 is 17.3 Å². The predicted octanol–water partition coefficient (Wildman–Crippen LogP) is 1.04. The van der Waals surface area contributed by atoms with Crippen LogP contribution < -0.4 is 11.1 Å². The Labute approximate surface area is 78.3 Å². The topological polar surface area (TPSA) is 75.3 Å². The van der Waals surface area contributed by atoms with E-state index in [1.807, 2.05) is 0 Å². The van der Waals surface area contributed by atoms with Crippen LogP contribution in [-0.4, -0.2) is 17.6 Å². The first-order valence-electron chi connectivity index (χ1n) is 3.71. The smallest absolute Gasteiger partial charge is 0.322 e. The summed E-state index contributed by atoms with van der Waals surface area (Å²) in [6.07, 6.45) is 0. The van der Waals surface area contributed by atoms with Gasteiger partial charge in [0.2, 0.25) is 0 Å². The Morgan fingerprint density at radius 3 is 2.71 bits per heavy atom. The summed E-state index contributed by atoms with van der Waals surface area (Å²) in [5.41, 5.74) is 4.88. The van der Waals surface area contributed by atoms with Crippen molar-refractivity contribution in [2.45, 2.75) is 0 Å². The van der Waals surface area contributed by atoms with Crippen LogP contribution in [0.2, 0.25) is 0 Å². The van der Waals surface area contributed by atoms with E-state index in [1.54, 1.807) is 0 Å². The summed E-state index contributed by atoms with van der Waals surface area (Å²) in [6, 6.07) is 1.56. The number of hydrogen-bond donors (Lipinski definition) is 3. The van der Waals surface area contributed by atoms with Crippen molar-refractivity contribution in [3.63, 3.8) is 0 Å². The molecule has 0 unspecified atom stereocenters. The molecule has 0 aliphatic heterocycles. The van der Waals surface area contributed by atoms with Crippen LogP contribution in [0.3, 0.4) is 0 Å². The van der Waals surface area contributed by atoms with Crippen molar-refractivity contribution in [1.29, 1.82) is 0 Å². The molecule has 0 saturated carbocycles. The number of nitrogens with one attached hydrogen (secondary N) is 1. The molecule has 0 aromatic heterocycles. The molecule has 0 radical (unpaired) electrons. The second kappa shape index (κ2) is 3.91. The van der Waals surface area contributed by atoms with E-state index in [4.69, 9.17) is 10.8 Å². The van der Waals surface area contributed by atoms with E-state index < -0.39 is 24.1 Å². The van der Waals surface area contributed by atoms with E-state index in [-0.39, 0.29) is 11.4 Å². The Balaban J connectivity index is 2.90. The third-order valence-electron chi connectivity index (χ3n) is 1.52. The molecular weight excluding hydrogens is 194 g/mol. The van der Waals surface area contributed by atoms with E-state index in [0.717, 1.165) is 6.07 Å². The van der Waals surface area contributed by atoms with Gasteiger partial charge in [0.25, 0.3) is 0 Å². The van der Waals surface area contributed by atoms with Crippen LogP contribution in [0, 0.1) is 11.6 Å².